The van der Waals surface area contributed by atoms with Crippen LogP contribution in [-0.2, 0) is 0 Å². The molecule has 1 N–H and O–H groups in total. The number of benzene rings is 1. The van der Waals surface area contributed by atoms with E-state index in [1.807, 2.05) is 0 Å². The average Bonchev–Trinajstić information content (AvgIpc) is 2.32. The average molecular weight is 245 g/mol. The van der Waals surface area contributed by atoms with Crippen LogP contribution in [0.4, 0.5) is 0 Å². The Balaban J connectivity index is 2.21. The molecule has 1 nitrogen and oxygen atoms in total. The molecule has 1 saturated carbocycles. The Morgan fingerprint density at radius 2 is 1.89 bits per heavy atom. The summed E-state index contributed by atoms with van der Waals surface area (Å²) in [4.78, 5) is 0. The van der Waals surface area contributed by atoms with Gasteiger partial charge in [-0.05, 0) is 62.6 Å². The number of nitrogens with one attached hydrogen (secondary N) is 1. The zero-order valence-corrected chi connectivity index (χ0v) is 12.3. The lowest BCUT2D eigenvalue weighted by molar-refractivity contribution is 0.161. The Hall–Kier alpha value is -0.820. The van der Waals surface area contributed by atoms with Gasteiger partial charge < -0.3 is 5.32 Å². The zero-order valence-electron chi connectivity index (χ0n) is 12.3. The van der Waals surface area contributed by atoms with Crippen molar-refractivity contribution in [3.8, 4) is 0 Å². The van der Waals surface area contributed by atoms with Crippen LogP contribution >= 0.6 is 0 Å². The van der Waals surface area contributed by atoms with E-state index < -0.39 is 0 Å². The molecule has 0 radical (unpaired) electrons. The van der Waals surface area contributed by atoms with Crippen LogP contribution in [0.3, 0.4) is 0 Å². The summed E-state index contributed by atoms with van der Waals surface area (Å²) >= 11 is 0. The van der Waals surface area contributed by atoms with Crippen molar-refractivity contribution in [1.82, 2.24) is 5.32 Å². The molecule has 2 atom stereocenters. The quantitative estimate of drug-likeness (QED) is 0.844. The second-order valence-electron chi connectivity index (χ2n) is 6.74. The van der Waals surface area contributed by atoms with E-state index in [4.69, 9.17) is 0 Å². The van der Waals surface area contributed by atoms with Gasteiger partial charge in [0.05, 0.1) is 0 Å². The molecule has 2 rings (SSSR count). The predicted molar refractivity (Wildman–Crippen MR) is 79.0 cm³/mol. The normalized spacial score (nSPS) is 27.1. The third-order valence-electron chi connectivity index (χ3n) is 4.51. The summed E-state index contributed by atoms with van der Waals surface area (Å²) in [6.45, 7) is 8.15. The van der Waals surface area contributed by atoms with E-state index in [1.165, 1.54) is 30.4 Å². The van der Waals surface area contributed by atoms with E-state index in [-0.39, 0.29) is 0 Å². The zero-order chi connectivity index (χ0) is 13.2. The van der Waals surface area contributed by atoms with Crippen molar-refractivity contribution in [3.63, 3.8) is 0 Å². The molecule has 0 saturated heterocycles. The van der Waals surface area contributed by atoms with Crippen LogP contribution in [-0.4, -0.2) is 13.6 Å². The Labute approximate surface area is 112 Å². The highest BCUT2D eigenvalue weighted by Crippen LogP contribution is 2.46. The van der Waals surface area contributed by atoms with Crippen LogP contribution in [0.15, 0.2) is 24.3 Å². The standard InChI is InChI=1S/C17H27N/c1-13-5-7-14(8-6-13)16-11-17(2,3)10-9-15(16)12-18-4/h5-8,15-16,18H,9-12H2,1-4H3. The van der Waals surface area contributed by atoms with Crippen molar-refractivity contribution in [2.45, 2.75) is 46.0 Å². The van der Waals surface area contributed by atoms with Gasteiger partial charge in [0.25, 0.3) is 0 Å². The molecule has 0 spiro atoms. The van der Waals surface area contributed by atoms with Crippen LogP contribution in [0, 0.1) is 18.3 Å². The van der Waals surface area contributed by atoms with Gasteiger partial charge in [0.2, 0.25) is 0 Å². The molecule has 1 aromatic rings. The van der Waals surface area contributed by atoms with E-state index in [1.54, 1.807) is 0 Å². The smallest absolute Gasteiger partial charge is 0.00177 e. The van der Waals surface area contributed by atoms with Gasteiger partial charge in [-0.2, -0.15) is 0 Å². The van der Waals surface area contributed by atoms with Crippen molar-refractivity contribution in [2.24, 2.45) is 11.3 Å². The Bertz CT molecular complexity index is 377. The predicted octanol–water partition coefficient (Wildman–Crippen LogP) is 4.12. The minimum atomic E-state index is 0.500. The number of rotatable bonds is 3. The summed E-state index contributed by atoms with van der Waals surface area (Å²) < 4.78 is 0. The summed E-state index contributed by atoms with van der Waals surface area (Å²) in [5.41, 5.74) is 3.40. The lowest BCUT2D eigenvalue weighted by Crippen LogP contribution is -2.33. The minimum absolute atomic E-state index is 0.500. The van der Waals surface area contributed by atoms with Crippen LogP contribution < -0.4 is 5.32 Å². The first kappa shape index (κ1) is 13.6. The molecule has 1 fully saturated rings. The molecule has 0 bridgehead atoms. The van der Waals surface area contributed by atoms with E-state index in [9.17, 15) is 0 Å². The number of hydrogen-bond donors (Lipinski definition) is 1. The van der Waals surface area contributed by atoms with E-state index >= 15 is 0 Å². The summed E-state index contributed by atoms with van der Waals surface area (Å²) in [6.07, 6.45) is 4.04. The molecule has 1 aliphatic rings. The van der Waals surface area contributed by atoms with Crippen LogP contribution in [0.25, 0.3) is 0 Å². The Kier molecular flexibility index (Phi) is 4.11. The molecule has 100 valence electrons. The third-order valence-corrected chi connectivity index (χ3v) is 4.51. The maximum Gasteiger partial charge on any atom is -0.00177 e. The lowest BCUT2D eigenvalue weighted by Gasteiger charge is -2.41. The fraction of sp³-hybridized carbons (Fsp3) is 0.647. The minimum Gasteiger partial charge on any atom is -0.319 e. The second-order valence-corrected chi connectivity index (χ2v) is 6.74. The molecule has 0 aliphatic heterocycles. The highest BCUT2D eigenvalue weighted by Gasteiger charge is 2.35. The van der Waals surface area contributed by atoms with Crippen LogP contribution in [0.5, 0.6) is 0 Å². The highest BCUT2D eigenvalue weighted by molar-refractivity contribution is 5.26. The molecule has 0 heterocycles. The SMILES string of the molecule is CNCC1CCC(C)(C)CC1c1ccc(C)cc1. The monoisotopic (exact) mass is 245 g/mol. The van der Waals surface area contributed by atoms with Gasteiger partial charge in [-0.15, -0.1) is 0 Å². The molecule has 2 unspecified atom stereocenters. The van der Waals surface area contributed by atoms with Crippen molar-refractivity contribution in [2.75, 3.05) is 13.6 Å². The molecule has 18 heavy (non-hydrogen) atoms. The van der Waals surface area contributed by atoms with Crippen LogP contribution in [0.1, 0.15) is 50.2 Å². The first-order chi connectivity index (χ1) is 8.52. The third kappa shape index (κ3) is 3.14. The van der Waals surface area contributed by atoms with Gasteiger partial charge in [-0.25, -0.2) is 0 Å². The summed E-state index contributed by atoms with van der Waals surface area (Å²) in [7, 11) is 2.08. The molecule has 1 heteroatoms. The van der Waals surface area contributed by atoms with Crippen molar-refractivity contribution >= 4 is 0 Å². The molecule has 1 aromatic carbocycles. The van der Waals surface area contributed by atoms with Gasteiger partial charge in [0.1, 0.15) is 0 Å². The lowest BCUT2D eigenvalue weighted by atomic mass is 9.65. The number of hydrogen-bond acceptors (Lipinski definition) is 1. The maximum absolute atomic E-state index is 3.38. The summed E-state index contributed by atoms with van der Waals surface area (Å²) in [5, 5.41) is 3.38. The van der Waals surface area contributed by atoms with Crippen molar-refractivity contribution in [3.05, 3.63) is 35.4 Å². The maximum atomic E-state index is 3.38. The molecular weight excluding hydrogens is 218 g/mol. The molecule has 0 amide bonds. The second kappa shape index (κ2) is 5.44. The highest BCUT2D eigenvalue weighted by atomic mass is 14.8. The number of aryl methyl sites for hydroxylation is 1. The Morgan fingerprint density at radius 1 is 1.22 bits per heavy atom. The van der Waals surface area contributed by atoms with Crippen molar-refractivity contribution < 1.29 is 0 Å². The summed E-state index contributed by atoms with van der Waals surface area (Å²) in [5.74, 6) is 1.52. The van der Waals surface area contributed by atoms with Crippen molar-refractivity contribution in [1.29, 1.82) is 0 Å². The van der Waals surface area contributed by atoms with Gasteiger partial charge in [0, 0.05) is 0 Å². The summed E-state index contributed by atoms with van der Waals surface area (Å²) in [6, 6.07) is 9.19. The van der Waals surface area contributed by atoms with Gasteiger partial charge in [-0.3, -0.25) is 0 Å². The Morgan fingerprint density at radius 3 is 2.50 bits per heavy atom. The van der Waals surface area contributed by atoms with Gasteiger partial charge >= 0.3 is 0 Å². The first-order valence-electron chi connectivity index (χ1n) is 7.23. The van der Waals surface area contributed by atoms with Crippen LogP contribution in [0.2, 0.25) is 0 Å². The van der Waals surface area contributed by atoms with Gasteiger partial charge in [0.15, 0.2) is 0 Å². The van der Waals surface area contributed by atoms with E-state index in [2.05, 4.69) is 57.4 Å². The molecule has 0 aromatic heterocycles. The topological polar surface area (TPSA) is 12.0 Å². The fourth-order valence-electron chi connectivity index (χ4n) is 3.35. The van der Waals surface area contributed by atoms with E-state index in [0.29, 0.717) is 5.41 Å². The van der Waals surface area contributed by atoms with E-state index in [0.717, 1.165) is 18.4 Å². The van der Waals surface area contributed by atoms with Gasteiger partial charge in [-0.1, -0.05) is 43.7 Å². The largest absolute Gasteiger partial charge is 0.319 e. The molecular formula is C17H27N. The fourth-order valence-corrected chi connectivity index (χ4v) is 3.35. The molecule has 1 aliphatic carbocycles. The first-order valence-corrected chi connectivity index (χ1v) is 7.23.